The fraction of sp³-hybridized carbons (Fsp3) is 0.889. The van der Waals surface area contributed by atoms with Gasteiger partial charge in [-0.3, -0.25) is 4.79 Å². The summed E-state index contributed by atoms with van der Waals surface area (Å²) in [4.78, 5) is 11.3. The third-order valence-corrected chi connectivity index (χ3v) is 2.42. The summed E-state index contributed by atoms with van der Waals surface area (Å²) in [5, 5.41) is 2.87. The first kappa shape index (κ1) is 8.57. The van der Waals surface area contributed by atoms with Crippen molar-refractivity contribution in [2.75, 3.05) is 6.54 Å². The summed E-state index contributed by atoms with van der Waals surface area (Å²) in [6.45, 7) is 4.96. The summed E-state index contributed by atoms with van der Waals surface area (Å²) < 4.78 is 0. The highest BCUT2D eigenvalue weighted by atomic mass is 16.1. The molecule has 0 spiro atoms. The van der Waals surface area contributed by atoms with Gasteiger partial charge in [0.15, 0.2) is 0 Å². The zero-order valence-corrected chi connectivity index (χ0v) is 7.39. The second-order valence-electron chi connectivity index (χ2n) is 3.51. The molecule has 1 fully saturated rings. The van der Waals surface area contributed by atoms with Gasteiger partial charge in [-0.25, -0.2) is 0 Å². The van der Waals surface area contributed by atoms with Gasteiger partial charge in [-0.1, -0.05) is 6.92 Å². The first-order chi connectivity index (χ1) is 5.24. The van der Waals surface area contributed by atoms with E-state index in [2.05, 4.69) is 12.2 Å². The molecule has 1 saturated carbocycles. The van der Waals surface area contributed by atoms with Crippen LogP contribution >= 0.6 is 0 Å². The molecule has 1 amide bonds. The summed E-state index contributed by atoms with van der Waals surface area (Å²) in [7, 11) is 0. The Morgan fingerprint density at radius 1 is 1.55 bits per heavy atom. The maximum Gasteiger partial charge on any atom is 0.223 e. The second-order valence-corrected chi connectivity index (χ2v) is 3.51. The SMILES string of the molecule is CCNC(=O)C1CCC(C)C1. The lowest BCUT2D eigenvalue weighted by atomic mass is 10.1. The Kier molecular flexibility index (Phi) is 2.92. The van der Waals surface area contributed by atoms with Crippen molar-refractivity contribution in [3.63, 3.8) is 0 Å². The van der Waals surface area contributed by atoms with Gasteiger partial charge in [0.2, 0.25) is 5.91 Å². The molecule has 2 atom stereocenters. The minimum atomic E-state index is 0.261. The highest BCUT2D eigenvalue weighted by Gasteiger charge is 2.26. The van der Waals surface area contributed by atoms with Crippen molar-refractivity contribution >= 4 is 5.91 Å². The quantitative estimate of drug-likeness (QED) is 0.644. The molecule has 1 aliphatic carbocycles. The van der Waals surface area contributed by atoms with E-state index >= 15 is 0 Å². The van der Waals surface area contributed by atoms with Gasteiger partial charge in [0.05, 0.1) is 0 Å². The van der Waals surface area contributed by atoms with Crippen molar-refractivity contribution in [3.8, 4) is 0 Å². The molecule has 2 nitrogen and oxygen atoms in total. The number of hydrogen-bond acceptors (Lipinski definition) is 1. The molecule has 0 bridgehead atoms. The van der Waals surface area contributed by atoms with Crippen molar-refractivity contribution in [2.45, 2.75) is 33.1 Å². The molecule has 0 heterocycles. The minimum absolute atomic E-state index is 0.261. The lowest BCUT2D eigenvalue weighted by molar-refractivity contribution is -0.124. The first-order valence-corrected chi connectivity index (χ1v) is 4.51. The lowest BCUT2D eigenvalue weighted by Gasteiger charge is -2.08. The van der Waals surface area contributed by atoms with Crippen LogP contribution in [0.15, 0.2) is 0 Å². The van der Waals surface area contributed by atoms with E-state index in [1.807, 2.05) is 6.92 Å². The molecule has 1 rings (SSSR count). The topological polar surface area (TPSA) is 29.1 Å². The van der Waals surface area contributed by atoms with Crippen molar-refractivity contribution < 1.29 is 4.79 Å². The van der Waals surface area contributed by atoms with Gasteiger partial charge in [0.25, 0.3) is 0 Å². The highest BCUT2D eigenvalue weighted by Crippen LogP contribution is 2.30. The van der Waals surface area contributed by atoms with E-state index in [0.717, 1.165) is 25.3 Å². The Balaban J connectivity index is 2.31. The lowest BCUT2D eigenvalue weighted by Crippen LogP contribution is -2.28. The van der Waals surface area contributed by atoms with Crippen LogP contribution in [0.1, 0.15) is 33.1 Å². The molecule has 1 aliphatic rings. The zero-order chi connectivity index (χ0) is 8.27. The predicted molar refractivity (Wildman–Crippen MR) is 45.2 cm³/mol. The van der Waals surface area contributed by atoms with E-state index in [0.29, 0.717) is 5.92 Å². The molecule has 0 aliphatic heterocycles. The normalized spacial score (nSPS) is 30.4. The highest BCUT2D eigenvalue weighted by molar-refractivity contribution is 5.78. The Morgan fingerprint density at radius 3 is 2.73 bits per heavy atom. The van der Waals surface area contributed by atoms with Gasteiger partial charge in [-0.05, 0) is 32.1 Å². The predicted octanol–water partition coefficient (Wildman–Crippen LogP) is 1.56. The third kappa shape index (κ3) is 2.21. The van der Waals surface area contributed by atoms with E-state index in [9.17, 15) is 4.79 Å². The third-order valence-electron chi connectivity index (χ3n) is 2.42. The number of rotatable bonds is 2. The first-order valence-electron chi connectivity index (χ1n) is 4.51. The van der Waals surface area contributed by atoms with Crippen LogP contribution in [0.3, 0.4) is 0 Å². The molecule has 0 aromatic heterocycles. The largest absolute Gasteiger partial charge is 0.356 e. The van der Waals surface area contributed by atoms with Crippen LogP contribution in [0, 0.1) is 11.8 Å². The zero-order valence-electron chi connectivity index (χ0n) is 7.39. The van der Waals surface area contributed by atoms with Crippen LogP contribution < -0.4 is 5.32 Å². The molecule has 2 heteroatoms. The molecule has 0 aromatic carbocycles. The Labute approximate surface area is 68.4 Å². The van der Waals surface area contributed by atoms with Crippen molar-refractivity contribution in [3.05, 3.63) is 0 Å². The maximum absolute atomic E-state index is 11.3. The van der Waals surface area contributed by atoms with E-state index in [-0.39, 0.29) is 5.91 Å². The summed E-state index contributed by atoms with van der Waals surface area (Å²) in [5.74, 6) is 1.32. The summed E-state index contributed by atoms with van der Waals surface area (Å²) >= 11 is 0. The van der Waals surface area contributed by atoms with Crippen LogP contribution in [0.2, 0.25) is 0 Å². The van der Waals surface area contributed by atoms with Gasteiger partial charge < -0.3 is 5.32 Å². The summed E-state index contributed by atoms with van der Waals surface area (Å²) in [6.07, 6.45) is 3.40. The van der Waals surface area contributed by atoms with Gasteiger partial charge in [-0.15, -0.1) is 0 Å². The van der Waals surface area contributed by atoms with Crippen LogP contribution in [0.25, 0.3) is 0 Å². The fourth-order valence-corrected chi connectivity index (χ4v) is 1.76. The molecule has 0 saturated heterocycles. The standard InChI is InChI=1S/C9H17NO/c1-3-10-9(11)8-5-4-7(2)6-8/h7-8H,3-6H2,1-2H3,(H,10,11). The molecule has 0 radical (unpaired) electrons. The molecule has 1 N–H and O–H groups in total. The Hall–Kier alpha value is -0.530. The number of nitrogens with one attached hydrogen (secondary N) is 1. The average molecular weight is 155 g/mol. The smallest absolute Gasteiger partial charge is 0.223 e. The Bertz CT molecular complexity index is 144. The van der Waals surface area contributed by atoms with Crippen LogP contribution in [0.5, 0.6) is 0 Å². The van der Waals surface area contributed by atoms with E-state index < -0.39 is 0 Å². The van der Waals surface area contributed by atoms with Crippen LogP contribution in [-0.4, -0.2) is 12.5 Å². The summed E-state index contributed by atoms with van der Waals surface area (Å²) in [5.41, 5.74) is 0. The maximum atomic E-state index is 11.3. The van der Waals surface area contributed by atoms with Crippen LogP contribution in [-0.2, 0) is 4.79 Å². The number of hydrogen-bond donors (Lipinski definition) is 1. The van der Waals surface area contributed by atoms with Crippen molar-refractivity contribution in [1.82, 2.24) is 5.32 Å². The van der Waals surface area contributed by atoms with Crippen LogP contribution in [0.4, 0.5) is 0 Å². The second kappa shape index (κ2) is 3.74. The van der Waals surface area contributed by atoms with E-state index in [1.165, 1.54) is 6.42 Å². The van der Waals surface area contributed by atoms with E-state index in [1.54, 1.807) is 0 Å². The summed E-state index contributed by atoms with van der Waals surface area (Å²) in [6, 6.07) is 0. The van der Waals surface area contributed by atoms with E-state index in [4.69, 9.17) is 0 Å². The Morgan fingerprint density at radius 2 is 2.27 bits per heavy atom. The van der Waals surface area contributed by atoms with Gasteiger partial charge in [-0.2, -0.15) is 0 Å². The number of carbonyl (C=O) groups excluding carboxylic acids is 1. The molecule has 0 aromatic rings. The monoisotopic (exact) mass is 155 g/mol. The molecule has 2 unspecified atom stereocenters. The van der Waals surface area contributed by atoms with Crippen molar-refractivity contribution in [1.29, 1.82) is 0 Å². The van der Waals surface area contributed by atoms with Gasteiger partial charge in [0, 0.05) is 12.5 Å². The molecular formula is C9H17NO. The molecule has 64 valence electrons. The van der Waals surface area contributed by atoms with Gasteiger partial charge in [0.1, 0.15) is 0 Å². The average Bonchev–Trinajstić information content (AvgIpc) is 2.36. The fourth-order valence-electron chi connectivity index (χ4n) is 1.76. The minimum Gasteiger partial charge on any atom is -0.356 e. The van der Waals surface area contributed by atoms with Gasteiger partial charge >= 0.3 is 0 Å². The molecule has 11 heavy (non-hydrogen) atoms. The number of carbonyl (C=O) groups is 1. The van der Waals surface area contributed by atoms with Crippen molar-refractivity contribution in [2.24, 2.45) is 11.8 Å². The molecular weight excluding hydrogens is 138 g/mol. The number of amides is 1.